The van der Waals surface area contributed by atoms with E-state index in [9.17, 15) is 5.11 Å². The molecular formula is C14H10ClN3O2. The molecule has 100 valence electrons. The zero-order chi connectivity index (χ0) is 13.7. The third-order valence-electron chi connectivity index (χ3n) is 3.34. The summed E-state index contributed by atoms with van der Waals surface area (Å²) >= 11 is 6.25. The minimum absolute atomic E-state index is 0.0787. The number of hydrogen-bond donors (Lipinski definition) is 1. The van der Waals surface area contributed by atoms with Gasteiger partial charge in [0.1, 0.15) is 11.8 Å². The zero-order valence-corrected chi connectivity index (χ0v) is 11.1. The molecule has 6 heteroatoms. The highest BCUT2D eigenvalue weighted by Gasteiger charge is 2.29. The molecule has 1 aromatic carbocycles. The first-order valence-electron chi connectivity index (χ1n) is 6.32. The van der Waals surface area contributed by atoms with Crippen molar-refractivity contribution in [3.8, 4) is 17.1 Å². The molecule has 1 saturated carbocycles. The second kappa shape index (κ2) is 4.18. The van der Waals surface area contributed by atoms with Gasteiger partial charge in [-0.25, -0.2) is 15.0 Å². The number of hydrogen-bond acceptors (Lipinski definition) is 5. The Morgan fingerprint density at radius 2 is 2.05 bits per heavy atom. The molecule has 0 amide bonds. The summed E-state index contributed by atoms with van der Waals surface area (Å²) in [7, 11) is 0. The van der Waals surface area contributed by atoms with Crippen LogP contribution in [-0.2, 0) is 0 Å². The van der Waals surface area contributed by atoms with Crippen molar-refractivity contribution in [2.75, 3.05) is 0 Å². The van der Waals surface area contributed by atoms with Crippen molar-refractivity contribution >= 4 is 22.7 Å². The van der Waals surface area contributed by atoms with Gasteiger partial charge >= 0.3 is 0 Å². The number of rotatable bonds is 2. The SMILES string of the molecule is Oc1cc(-c2cc(Cl)c3oc(C4CC4)nc3c2)ncn1. The summed E-state index contributed by atoms with van der Waals surface area (Å²) in [5.41, 5.74) is 2.69. The number of aromatic hydroxyl groups is 1. The van der Waals surface area contributed by atoms with Crippen molar-refractivity contribution in [2.24, 2.45) is 0 Å². The van der Waals surface area contributed by atoms with E-state index in [2.05, 4.69) is 15.0 Å². The van der Waals surface area contributed by atoms with Crippen LogP contribution in [0.15, 0.2) is 28.9 Å². The predicted molar refractivity (Wildman–Crippen MR) is 73.7 cm³/mol. The van der Waals surface area contributed by atoms with Gasteiger partial charge in [-0.2, -0.15) is 0 Å². The molecule has 0 bridgehead atoms. The summed E-state index contributed by atoms with van der Waals surface area (Å²) in [5, 5.41) is 9.92. The molecule has 1 fully saturated rings. The van der Waals surface area contributed by atoms with E-state index < -0.39 is 0 Å². The Bertz CT molecular complexity index is 811. The highest BCUT2D eigenvalue weighted by atomic mass is 35.5. The smallest absolute Gasteiger partial charge is 0.214 e. The fourth-order valence-electron chi connectivity index (χ4n) is 2.17. The van der Waals surface area contributed by atoms with Crippen LogP contribution in [-0.4, -0.2) is 20.1 Å². The van der Waals surface area contributed by atoms with Crippen LogP contribution in [0.2, 0.25) is 5.02 Å². The van der Waals surface area contributed by atoms with Crippen LogP contribution in [0, 0.1) is 0 Å². The molecule has 0 radical (unpaired) electrons. The van der Waals surface area contributed by atoms with Gasteiger partial charge in [-0.3, -0.25) is 0 Å². The largest absolute Gasteiger partial charge is 0.493 e. The molecule has 2 aromatic heterocycles. The average Bonchev–Trinajstić information content (AvgIpc) is 3.18. The van der Waals surface area contributed by atoms with E-state index in [0.717, 1.165) is 24.3 Å². The van der Waals surface area contributed by atoms with Gasteiger partial charge in [0.25, 0.3) is 0 Å². The number of fused-ring (bicyclic) bond motifs is 1. The molecule has 5 nitrogen and oxygen atoms in total. The Balaban J connectivity index is 1.88. The van der Waals surface area contributed by atoms with Crippen LogP contribution in [0.4, 0.5) is 0 Å². The maximum atomic E-state index is 9.42. The molecule has 0 atom stereocenters. The topological polar surface area (TPSA) is 72.0 Å². The van der Waals surface area contributed by atoms with Gasteiger partial charge in [-0.05, 0) is 25.0 Å². The van der Waals surface area contributed by atoms with Crippen molar-refractivity contribution in [1.82, 2.24) is 15.0 Å². The highest BCUT2D eigenvalue weighted by molar-refractivity contribution is 6.35. The third-order valence-corrected chi connectivity index (χ3v) is 3.62. The van der Waals surface area contributed by atoms with Crippen molar-refractivity contribution < 1.29 is 9.52 Å². The lowest BCUT2D eigenvalue weighted by atomic mass is 10.1. The van der Waals surface area contributed by atoms with E-state index in [0.29, 0.717) is 27.7 Å². The lowest BCUT2D eigenvalue weighted by molar-refractivity contribution is 0.452. The zero-order valence-electron chi connectivity index (χ0n) is 10.4. The molecule has 1 aliphatic carbocycles. The third kappa shape index (κ3) is 1.91. The quantitative estimate of drug-likeness (QED) is 0.781. The summed E-state index contributed by atoms with van der Waals surface area (Å²) < 4.78 is 5.71. The van der Waals surface area contributed by atoms with E-state index in [1.165, 1.54) is 12.4 Å². The molecular weight excluding hydrogens is 278 g/mol. The van der Waals surface area contributed by atoms with Gasteiger partial charge in [0, 0.05) is 17.5 Å². The van der Waals surface area contributed by atoms with Gasteiger partial charge in [-0.15, -0.1) is 0 Å². The van der Waals surface area contributed by atoms with E-state index >= 15 is 0 Å². The molecule has 1 aliphatic rings. The molecule has 20 heavy (non-hydrogen) atoms. The lowest BCUT2D eigenvalue weighted by Gasteiger charge is -2.01. The summed E-state index contributed by atoms with van der Waals surface area (Å²) in [6.07, 6.45) is 3.55. The highest BCUT2D eigenvalue weighted by Crippen LogP contribution is 2.42. The Labute approximate surface area is 119 Å². The first-order chi connectivity index (χ1) is 9.70. The van der Waals surface area contributed by atoms with Gasteiger partial charge in [0.15, 0.2) is 11.5 Å². The summed E-state index contributed by atoms with van der Waals surface area (Å²) in [5.74, 6) is 1.11. The second-order valence-corrected chi connectivity index (χ2v) is 5.30. The van der Waals surface area contributed by atoms with Crippen LogP contribution in [0.1, 0.15) is 24.7 Å². The molecule has 0 aliphatic heterocycles. The number of benzene rings is 1. The van der Waals surface area contributed by atoms with Crippen molar-refractivity contribution in [1.29, 1.82) is 0 Å². The first-order valence-corrected chi connectivity index (χ1v) is 6.70. The Morgan fingerprint density at radius 1 is 1.20 bits per heavy atom. The summed E-state index contributed by atoms with van der Waals surface area (Å²) in [6.45, 7) is 0. The number of nitrogens with zero attached hydrogens (tertiary/aromatic N) is 3. The molecule has 0 unspecified atom stereocenters. The van der Waals surface area contributed by atoms with Crippen LogP contribution in [0.25, 0.3) is 22.4 Å². The van der Waals surface area contributed by atoms with Crippen LogP contribution < -0.4 is 0 Å². The minimum atomic E-state index is -0.0787. The number of oxazole rings is 1. The molecule has 4 rings (SSSR count). The Kier molecular flexibility index (Phi) is 2.44. The van der Waals surface area contributed by atoms with Crippen molar-refractivity contribution in [2.45, 2.75) is 18.8 Å². The van der Waals surface area contributed by atoms with Crippen LogP contribution >= 0.6 is 11.6 Å². The normalized spacial score (nSPS) is 14.8. The molecule has 1 N–H and O–H groups in total. The molecule has 2 heterocycles. The number of halogens is 1. The Morgan fingerprint density at radius 3 is 2.80 bits per heavy atom. The van der Waals surface area contributed by atoms with Crippen molar-refractivity contribution in [3.63, 3.8) is 0 Å². The standard InChI is InChI=1S/C14H10ClN3O2/c15-9-3-8(10-5-12(19)17-6-16-10)4-11-13(9)20-14(18-11)7-1-2-7/h3-7H,1-2H2,(H,16,17,19). The van der Waals surface area contributed by atoms with E-state index in [-0.39, 0.29) is 5.88 Å². The van der Waals surface area contributed by atoms with Crippen molar-refractivity contribution in [3.05, 3.63) is 35.4 Å². The molecule has 0 spiro atoms. The Hall–Kier alpha value is -2.14. The van der Waals surface area contributed by atoms with Gasteiger partial charge in [-0.1, -0.05) is 11.6 Å². The van der Waals surface area contributed by atoms with Crippen LogP contribution in [0.5, 0.6) is 5.88 Å². The first kappa shape index (κ1) is 11.7. The second-order valence-electron chi connectivity index (χ2n) is 4.89. The molecule has 3 aromatic rings. The van der Waals surface area contributed by atoms with Gasteiger partial charge in [0.2, 0.25) is 5.88 Å². The van der Waals surface area contributed by atoms with Gasteiger partial charge < -0.3 is 9.52 Å². The summed E-state index contributed by atoms with van der Waals surface area (Å²) in [6, 6.07) is 5.10. The van der Waals surface area contributed by atoms with Crippen LogP contribution in [0.3, 0.4) is 0 Å². The maximum absolute atomic E-state index is 9.42. The fraction of sp³-hybridized carbons (Fsp3) is 0.214. The summed E-state index contributed by atoms with van der Waals surface area (Å²) in [4.78, 5) is 12.3. The van der Waals surface area contributed by atoms with Gasteiger partial charge in [0.05, 0.1) is 10.7 Å². The maximum Gasteiger partial charge on any atom is 0.214 e. The number of aromatic nitrogens is 3. The van der Waals surface area contributed by atoms with E-state index in [1.807, 2.05) is 6.07 Å². The fourth-order valence-corrected chi connectivity index (χ4v) is 2.42. The monoisotopic (exact) mass is 287 g/mol. The minimum Gasteiger partial charge on any atom is -0.493 e. The predicted octanol–water partition coefficient (Wildman–Crippen LogP) is 3.52. The van der Waals surface area contributed by atoms with E-state index in [1.54, 1.807) is 6.07 Å². The molecule has 0 saturated heterocycles. The van der Waals surface area contributed by atoms with E-state index in [4.69, 9.17) is 16.0 Å². The lowest BCUT2D eigenvalue weighted by Crippen LogP contribution is -1.85. The average molecular weight is 288 g/mol.